The van der Waals surface area contributed by atoms with Gasteiger partial charge in [0.05, 0.1) is 0 Å². The van der Waals surface area contributed by atoms with E-state index < -0.39 is 0 Å². The molecule has 140 valence electrons. The summed E-state index contributed by atoms with van der Waals surface area (Å²) < 4.78 is 0. The van der Waals surface area contributed by atoms with Crippen molar-refractivity contribution in [2.24, 2.45) is 33.5 Å². The zero-order valence-corrected chi connectivity index (χ0v) is 18.0. The predicted octanol–water partition coefficient (Wildman–Crippen LogP) is 7.31. The highest BCUT2D eigenvalue weighted by atomic mass is 14.7. The Balaban J connectivity index is 1.90. The van der Waals surface area contributed by atoms with Crippen LogP contribution in [0.3, 0.4) is 0 Å². The molecule has 0 radical (unpaired) electrons. The lowest BCUT2D eigenvalue weighted by atomic mass is 9.36. The van der Waals surface area contributed by atoms with Crippen LogP contribution in [-0.4, -0.2) is 0 Å². The molecule has 0 nitrogen and oxygen atoms in total. The molecule has 3 aliphatic carbocycles. The third kappa shape index (κ3) is 2.02. The lowest BCUT2D eigenvalue weighted by Gasteiger charge is -2.69. The van der Waals surface area contributed by atoms with E-state index in [0.29, 0.717) is 17.3 Å². The van der Waals surface area contributed by atoms with E-state index in [1.807, 2.05) is 0 Å². The zero-order valence-electron chi connectivity index (χ0n) is 18.0. The van der Waals surface area contributed by atoms with Crippen molar-refractivity contribution in [3.8, 4) is 0 Å². The molecule has 4 rings (SSSR count). The minimum absolute atomic E-state index is 0.208. The van der Waals surface area contributed by atoms with Gasteiger partial charge in [0.25, 0.3) is 0 Å². The van der Waals surface area contributed by atoms with Crippen molar-refractivity contribution in [2.75, 3.05) is 0 Å². The largest absolute Gasteiger partial charge is 0.0620 e. The van der Waals surface area contributed by atoms with Gasteiger partial charge < -0.3 is 0 Å². The molecule has 0 aliphatic heterocycles. The van der Waals surface area contributed by atoms with Crippen LogP contribution in [-0.2, 0) is 6.42 Å². The molecule has 0 spiro atoms. The summed E-state index contributed by atoms with van der Waals surface area (Å²) in [6, 6.07) is 8.98. The van der Waals surface area contributed by atoms with Crippen LogP contribution in [0.5, 0.6) is 0 Å². The molecule has 0 N–H and O–H groups in total. The molecule has 1 aromatic rings. The van der Waals surface area contributed by atoms with E-state index in [1.165, 1.54) is 24.0 Å². The number of hydrogen-bond donors (Lipinski definition) is 0. The number of hydrogen-bond acceptors (Lipinski definition) is 0. The van der Waals surface area contributed by atoms with Crippen LogP contribution in [0.15, 0.2) is 41.5 Å². The van der Waals surface area contributed by atoms with Crippen LogP contribution in [0.2, 0.25) is 0 Å². The molecule has 1 saturated carbocycles. The molecule has 0 heteroatoms. The summed E-state index contributed by atoms with van der Waals surface area (Å²) in [6.07, 6.45) is 7.61. The van der Waals surface area contributed by atoms with Crippen molar-refractivity contribution < 1.29 is 0 Å². The van der Waals surface area contributed by atoms with Gasteiger partial charge in [-0.1, -0.05) is 97.4 Å². The molecule has 0 aromatic heterocycles. The van der Waals surface area contributed by atoms with Gasteiger partial charge in [0.15, 0.2) is 0 Å². The van der Waals surface area contributed by atoms with Crippen molar-refractivity contribution in [3.63, 3.8) is 0 Å². The van der Waals surface area contributed by atoms with Gasteiger partial charge in [0.2, 0.25) is 0 Å². The Kier molecular flexibility index (Phi) is 3.58. The third-order valence-electron chi connectivity index (χ3n) is 9.86. The van der Waals surface area contributed by atoms with E-state index in [1.54, 1.807) is 11.1 Å². The van der Waals surface area contributed by atoms with Gasteiger partial charge in [-0.3, -0.25) is 0 Å². The van der Waals surface area contributed by atoms with Gasteiger partial charge in [-0.05, 0) is 63.0 Å². The highest BCUT2D eigenvalue weighted by Crippen LogP contribution is 2.72. The molecular formula is C26H36. The van der Waals surface area contributed by atoms with Gasteiger partial charge >= 0.3 is 0 Å². The van der Waals surface area contributed by atoms with E-state index in [9.17, 15) is 0 Å². The molecule has 0 heterocycles. The minimum Gasteiger partial charge on any atom is -0.0620 e. The second-order valence-corrected chi connectivity index (χ2v) is 11.2. The Labute approximate surface area is 160 Å². The molecule has 2 unspecified atom stereocenters. The smallest absolute Gasteiger partial charge is 0.00820 e. The molecular weight excluding hydrogens is 312 g/mol. The Morgan fingerprint density at radius 3 is 2.15 bits per heavy atom. The maximum atomic E-state index is 2.62. The fourth-order valence-corrected chi connectivity index (χ4v) is 6.29. The van der Waals surface area contributed by atoms with Crippen molar-refractivity contribution in [3.05, 3.63) is 52.6 Å². The number of benzene rings is 1. The van der Waals surface area contributed by atoms with Crippen molar-refractivity contribution in [2.45, 2.75) is 68.2 Å². The molecule has 0 bridgehead atoms. The molecule has 0 amide bonds. The standard InChI is InChI=1S/C26H36/c1-23(2)21-15-19-13-17-11-9-10-12-18(17)14-20(19)16-22(21)24(3,4)26(7,8)25(23,5)6/h9-13,15,20,22H,14,16H2,1-8H3. The molecule has 26 heavy (non-hydrogen) atoms. The van der Waals surface area contributed by atoms with Crippen LogP contribution >= 0.6 is 0 Å². The molecule has 1 aromatic carbocycles. The average molecular weight is 349 g/mol. The lowest BCUT2D eigenvalue weighted by molar-refractivity contribution is -0.145. The third-order valence-corrected chi connectivity index (χ3v) is 9.86. The number of rotatable bonds is 0. The summed E-state index contributed by atoms with van der Waals surface area (Å²) >= 11 is 0. The first-order valence-corrected chi connectivity index (χ1v) is 10.4. The molecule has 0 saturated heterocycles. The zero-order chi connectivity index (χ0) is 19.1. The van der Waals surface area contributed by atoms with E-state index in [2.05, 4.69) is 91.8 Å². The monoisotopic (exact) mass is 348 g/mol. The summed E-state index contributed by atoms with van der Waals surface area (Å²) in [5, 5.41) is 0. The van der Waals surface area contributed by atoms with Crippen molar-refractivity contribution >= 4 is 6.08 Å². The maximum Gasteiger partial charge on any atom is -0.00820 e. The second-order valence-electron chi connectivity index (χ2n) is 11.2. The Morgan fingerprint density at radius 2 is 1.46 bits per heavy atom. The molecule has 2 atom stereocenters. The highest BCUT2D eigenvalue weighted by Gasteiger charge is 2.64. The Hall–Kier alpha value is -1.30. The van der Waals surface area contributed by atoms with Crippen LogP contribution in [0.4, 0.5) is 0 Å². The molecule has 3 aliphatic rings. The van der Waals surface area contributed by atoms with Gasteiger partial charge in [-0.2, -0.15) is 0 Å². The summed E-state index contributed by atoms with van der Waals surface area (Å²) in [4.78, 5) is 0. The van der Waals surface area contributed by atoms with Crippen LogP contribution in [0.25, 0.3) is 6.08 Å². The topological polar surface area (TPSA) is 0 Å². The van der Waals surface area contributed by atoms with Crippen molar-refractivity contribution in [1.82, 2.24) is 0 Å². The normalized spacial score (nSPS) is 32.5. The summed E-state index contributed by atoms with van der Waals surface area (Å²) in [5.41, 5.74) is 7.26. The van der Waals surface area contributed by atoms with E-state index in [4.69, 9.17) is 0 Å². The maximum absolute atomic E-state index is 2.62. The minimum atomic E-state index is 0.208. The quantitative estimate of drug-likeness (QED) is 0.461. The van der Waals surface area contributed by atoms with Gasteiger partial charge in [0.1, 0.15) is 0 Å². The van der Waals surface area contributed by atoms with E-state index >= 15 is 0 Å². The fourth-order valence-electron chi connectivity index (χ4n) is 6.29. The van der Waals surface area contributed by atoms with Crippen LogP contribution in [0.1, 0.15) is 72.9 Å². The Morgan fingerprint density at radius 1 is 0.808 bits per heavy atom. The predicted molar refractivity (Wildman–Crippen MR) is 113 cm³/mol. The first-order valence-electron chi connectivity index (χ1n) is 10.4. The molecule has 1 fully saturated rings. The first kappa shape index (κ1) is 18.1. The van der Waals surface area contributed by atoms with Gasteiger partial charge in [-0.15, -0.1) is 0 Å². The van der Waals surface area contributed by atoms with Gasteiger partial charge in [-0.25, -0.2) is 0 Å². The fraction of sp³-hybridized carbons (Fsp3) is 0.615. The average Bonchev–Trinajstić information content (AvgIpc) is 2.57. The van der Waals surface area contributed by atoms with E-state index in [-0.39, 0.29) is 16.2 Å². The van der Waals surface area contributed by atoms with Crippen LogP contribution < -0.4 is 0 Å². The highest BCUT2D eigenvalue weighted by molar-refractivity contribution is 5.64. The first-order chi connectivity index (χ1) is 11.9. The SMILES string of the molecule is CC1(C)C2=CC3=Cc4ccccc4CC3CC2C(C)(C)C(C)(C)C1(C)C. The van der Waals surface area contributed by atoms with Gasteiger partial charge in [0, 0.05) is 0 Å². The summed E-state index contributed by atoms with van der Waals surface area (Å²) in [5.74, 6) is 1.36. The Bertz CT molecular complexity index is 810. The lowest BCUT2D eigenvalue weighted by Crippen LogP contribution is -2.61. The number of allylic oxidation sites excluding steroid dienone is 3. The summed E-state index contributed by atoms with van der Waals surface area (Å²) in [6.45, 7) is 20.1. The van der Waals surface area contributed by atoms with Crippen molar-refractivity contribution in [1.29, 1.82) is 0 Å². The van der Waals surface area contributed by atoms with Crippen LogP contribution in [0, 0.1) is 33.5 Å². The van der Waals surface area contributed by atoms with E-state index in [0.717, 1.165) is 0 Å². The second kappa shape index (κ2) is 5.15. The summed E-state index contributed by atoms with van der Waals surface area (Å²) in [7, 11) is 0. The number of fused-ring (bicyclic) bond motifs is 3.